The van der Waals surface area contributed by atoms with Gasteiger partial charge in [-0.2, -0.15) is 0 Å². The van der Waals surface area contributed by atoms with Crippen LogP contribution >= 0.6 is 0 Å². The lowest BCUT2D eigenvalue weighted by atomic mass is 9.80. The van der Waals surface area contributed by atoms with Crippen molar-refractivity contribution in [2.45, 2.75) is 192 Å². The number of ether oxygens (including phenoxy) is 4. The first-order valence-electron chi connectivity index (χ1n) is 21.6. The van der Waals surface area contributed by atoms with Gasteiger partial charge in [0.25, 0.3) is 0 Å². The molecular weight excluding hydrogens is 660 g/mol. The average molecular weight is 739 g/mol. The Morgan fingerprint density at radius 2 is 1.23 bits per heavy atom. The van der Waals surface area contributed by atoms with Crippen molar-refractivity contribution < 1.29 is 34.0 Å². The van der Waals surface area contributed by atoms with E-state index in [4.69, 9.17) is 18.9 Å². The Morgan fingerprint density at radius 3 is 1.67 bits per heavy atom. The summed E-state index contributed by atoms with van der Waals surface area (Å²) in [6.45, 7) is 11.3. The maximum Gasteiger partial charge on any atom is 0.309 e. The first kappa shape index (κ1) is 43.8. The molecule has 0 aromatic rings. The largest absolute Gasteiger partial charge is 0.463 e. The Balaban J connectivity index is 1.35. The van der Waals surface area contributed by atoms with E-state index in [2.05, 4.69) is 49.0 Å². The molecule has 10 atom stereocenters. The number of hydrogen-bond donors (Lipinski definition) is 6. The van der Waals surface area contributed by atoms with Crippen molar-refractivity contribution in [3.8, 4) is 0 Å². The van der Waals surface area contributed by atoms with Crippen molar-refractivity contribution in [3.63, 3.8) is 0 Å². The molecule has 0 aromatic heterocycles. The minimum Gasteiger partial charge on any atom is -0.463 e. The van der Waals surface area contributed by atoms with Gasteiger partial charge in [-0.15, -0.1) is 0 Å². The minimum absolute atomic E-state index is 0.0272. The summed E-state index contributed by atoms with van der Waals surface area (Å²) in [6, 6.07) is 0.244. The predicted octanol–water partition coefficient (Wildman–Crippen LogP) is 5.57. The van der Waals surface area contributed by atoms with Gasteiger partial charge in [-0.05, 0) is 88.9 Å². The number of carbonyl (C=O) groups excluding carboxylic acids is 1. The number of nitrogens with one attached hydrogen (secondary N) is 4. The van der Waals surface area contributed by atoms with Gasteiger partial charge < -0.3 is 29.2 Å². The number of hydrogen-bond acceptors (Lipinski definition) is 11. The average Bonchev–Trinajstić information content (AvgIpc) is 3.15. The highest BCUT2D eigenvalue weighted by atomic mass is 16.6. The molecule has 0 spiro atoms. The fourth-order valence-corrected chi connectivity index (χ4v) is 9.05. The zero-order valence-corrected chi connectivity index (χ0v) is 33.5. The van der Waals surface area contributed by atoms with Gasteiger partial charge >= 0.3 is 5.97 Å². The van der Waals surface area contributed by atoms with Gasteiger partial charge in [-0.3, -0.25) is 26.1 Å². The van der Waals surface area contributed by atoms with Gasteiger partial charge in [0, 0.05) is 38.2 Å². The van der Waals surface area contributed by atoms with Gasteiger partial charge in [0.15, 0.2) is 0 Å². The van der Waals surface area contributed by atoms with Crippen molar-refractivity contribution in [2.75, 3.05) is 33.5 Å². The molecule has 0 radical (unpaired) electrons. The maximum absolute atomic E-state index is 12.6. The Hall–Kier alpha value is -0.890. The molecule has 6 N–H and O–H groups in total. The lowest BCUT2D eigenvalue weighted by Gasteiger charge is -2.49. The molecule has 0 bridgehead atoms. The molecule has 3 aliphatic carbocycles. The number of rotatable bonds is 22. The third-order valence-corrected chi connectivity index (χ3v) is 12.8. The second-order valence-electron chi connectivity index (χ2n) is 16.6. The topological polar surface area (TPSA) is 143 Å². The third-order valence-electron chi connectivity index (χ3n) is 12.8. The molecular formula is C41H78N4O7. The number of methoxy groups -OCH3 is 1. The number of esters is 1. The summed E-state index contributed by atoms with van der Waals surface area (Å²) >= 11 is 0. The summed E-state index contributed by atoms with van der Waals surface area (Å²) in [5.41, 5.74) is 0. The van der Waals surface area contributed by atoms with Gasteiger partial charge in [-0.1, -0.05) is 66.2 Å². The minimum atomic E-state index is -0.480. The van der Waals surface area contributed by atoms with Crippen molar-refractivity contribution in [1.82, 2.24) is 21.3 Å². The first-order chi connectivity index (χ1) is 25.3. The van der Waals surface area contributed by atoms with Crippen LogP contribution in [0, 0.1) is 29.6 Å². The number of aliphatic hydroxyl groups excluding tert-OH is 2. The lowest BCUT2D eigenvalue weighted by Crippen LogP contribution is -2.76. The summed E-state index contributed by atoms with van der Waals surface area (Å²) in [5.74, 6) is 1.05. The molecule has 10 unspecified atom stereocenters. The summed E-state index contributed by atoms with van der Waals surface area (Å²) < 4.78 is 23.3. The Bertz CT molecular complexity index is 919. The normalized spacial score (nSPS) is 35.6. The quantitative estimate of drug-likeness (QED) is 0.0614. The number of carbonyl (C=O) groups is 1. The van der Waals surface area contributed by atoms with Crippen LogP contribution in [0.2, 0.25) is 0 Å². The molecule has 0 aromatic carbocycles. The molecule has 3 saturated carbocycles. The Kier molecular flexibility index (Phi) is 20.1. The van der Waals surface area contributed by atoms with Gasteiger partial charge in [0.05, 0.1) is 49.3 Å². The molecule has 4 rings (SSSR count). The zero-order chi connectivity index (χ0) is 37.3. The van der Waals surface area contributed by atoms with Crippen LogP contribution in [0.5, 0.6) is 0 Å². The van der Waals surface area contributed by atoms with Crippen molar-refractivity contribution in [2.24, 2.45) is 29.6 Å². The second kappa shape index (κ2) is 23.9. The fourth-order valence-electron chi connectivity index (χ4n) is 9.05. The Morgan fingerprint density at radius 1 is 0.712 bits per heavy atom. The molecule has 4 fully saturated rings. The van der Waals surface area contributed by atoms with Crippen molar-refractivity contribution in [1.29, 1.82) is 0 Å². The van der Waals surface area contributed by atoms with E-state index in [1.54, 1.807) is 7.11 Å². The summed E-state index contributed by atoms with van der Waals surface area (Å²) in [6.07, 6.45) is 16.7. The highest BCUT2D eigenvalue weighted by Gasteiger charge is 2.44. The van der Waals surface area contributed by atoms with E-state index >= 15 is 0 Å². The summed E-state index contributed by atoms with van der Waals surface area (Å²) in [7, 11) is 1.61. The van der Waals surface area contributed by atoms with Gasteiger partial charge in [-0.25, -0.2) is 0 Å². The van der Waals surface area contributed by atoms with E-state index in [9.17, 15) is 15.0 Å². The SMILES string of the molecule is CCCCC(CC)COC1CCC(C2NC(NC3CCC(C(=O)OCCOC)CC3)NC(C3CCC(OCC(CC)CCCC)CC3O)N2)C(O)C1. The second-order valence-corrected chi connectivity index (χ2v) is 16.6. The molecule has 0 amide bonds. The van der Waals surface area contributed by atoms with Gasteiger partial charge in [0.2, 0.25) is 0 Å². The van der Waals surface area contributed by atoms with Crippen LogP contribution in [0.3, 0.4) is 0 Å². The molecule has 304 valence electrons. The third kappa shape index (κ3) is 14.0. The first-order valence-corrected chi connectivity index (χ1v) is 21.6. The summed E-state index contributed by atoms with van der Waals surface area (Å²) in [4.78, 5) is 12.6. The van der Waals surface area contributed by atoms with E-state index in [1.807, 2.05) is 0 Å². The highest BCUT2D eigenvalue weighted by Crippen LogP contribution is 2.34. The fraction of sp³-hybridized carbons (Fsp3) is 0.976. The van der Waals surface area contributed by atoms with E-state index in [0.717, 1.165) is 77.4 Å². The number of unbranched alkanes of at least 4 members (excludes halogenated alkanes) is 2. The molecule has 52 heavy (non-hydrogen) atoms. The molecule has 4 aliphatic rings. The lowest BCUT2D eigenvalue weighted by molar-refractivity contribution is -0.151. The predicted molar refractivity (Wildman–Crippen MR) is 205 cm³/mol. The Labute approximate surface area is 316 Å². The van der Waals surface area contributed by atoms with Crippen LogP contribution in [0.25, 0.3) is 0 Å². The van der Waals surface area contributed by atoms with Gasteiger partial charge in [0.1, 0.15) is 12.9 Å². The van der Waals surface area contributed by atoms with E-state index in [-0.39, 0.29) is 60.6 Å². The van der Waals surface area contributed by atoms with E-state index in [0.29, 0.717) is 37.9 Å². The van der Waals surface area contributed by atoms with Crippen LogP contribution in [0.4, 0.5) is 0 Å². The molecule has 1 aliphatic heterocycles. The molecule has 11 heteroatoms. The van der Waals surface area contributed by atoms with E-state index < -0.39 is 12.2 Å². The van der Waals surface area contributed by atoms with Crippen LogP contribution in [-0.4, -0.2) is 98.8 Å². The van der Waals surface area contributed by atoms with Crippen LogP contribution < -0.4 is 21.3 Å². The molecule has 1 saturated heterocycles. The smallest absolute Gasteiger partial charge is 0.309 e. The maximum atomic E-state index is 12.6. The number of aliphatic hydroxyl groups is 2. The molecule has 11 nitrogen and oxygen atoms in total. The standard InChI is InChI=1S/C41H78N4O7/c1-6-10-12-28(8-3)26-51-32-18-20-34(36(46)24-32)38-43-39(35-21-19-33(25-37(35)47)52-27-29(9-4)13-11-7-2)45-41(44-38)42-31-16-14-30(15-17-31)40(48)50-23-22-49-5/h28-39,41-47H,6-27H2,1-5H3. The molecule has 1 heterocycles. The van der Waals surface area contributed by atoms with Crippen LogP contribution in [0.1, 0.15) is 143 Å². The van der Waals surface area contributed by atoms with Crippen molar-refractivity contribution in [3.05, 3.63) is 0 Å². The monoisotopic (exact) mass is 739 g/mol. The van der Waals surface area contributed by atoms with Crippen LogP contribution in [-0.2, 0) is 23.7 Å². The van der Waals surface area contributed by atoms with Crippen molar-refractivity contribution >= 4 is 5.97 Å². The van der Waals surface area contributed by atoms with Crippen LogP contribution in [0.15, 0.2) is 0 Å². The zero-order valence-electron chi connectivity index (χ0n) is 33.5. The highest BCUT2D eigenvalue weighted by molar-refractivity contribution is 5.72. The summed E-state index contributed by atoms with van der Waals surface area (Å²) in [5, 5.41) is 38.3. The van der Waals surface area contributed by atoms with E-state index in [1.165, 1.54) is 38.5 Å².